The van der Waals surface area contributed by atoms with Gasteiger partial charge in [0.2, 0.25) is 0 Å². The minimum atomic E-state index is -0.953. The normalized spacial score (nSPS) is 22.2. The second-order valence-electron chi connectivity index (χ2n) is 2.47. The van der Waals surface area contributed by atoms with Crippen LogP contribution >= 0.6 is 0 Å². The van der Waals surface area contributed by atoms with Crippen LogP contribution in [0.2, 0.25) is 0 Å². The molecule has 0 bridgehead atoms. The van der Waals surface area contributed by atoms with Crippen molar-refractivity contribution >= 4 is 11.8 Å². The van der Waals surface area contributed by atoms with Gasteiger partial charge in [0.25, 0.3) is 0 Å². The zero-order valence-corrected chi connectivity index (χ0v) is 6.03. The Morgan fingerprint density at radius 3 is 2.91 bits per heavy atom. The predicted octanol–water partition coefficient (Wildman–Crippen LogP) is 0.590. The quantitative estimate of drug-likeness (QED) is 0.400. The Morgan fingerprint density at radius 1 is 1.64 bits per heavy atom. The van der Waals surface area contributed by atoms with Gasteiger partial charge in [0.1, 0.15) is 0 Å². The first-order valence-electron chi connectivity index (χ1n) is 3.41. The monoisotopic (exact) mass is 158 g/mol. The Balaban J connectivity index is 2.53. The van der Waals surface area contributed by atoms with Crippen molar-refractivity contribution in [2.75, 3.05) is 13.1 Å². The van der Waals surface area contributed by atoms with Crippen LogP contribution in [0.15, 0.2) is 5.16 Å². The molecule has 0 radical (unpaired) electrons. The van der Waals surface area contributed by atoms with E-state index in [1.807, 2.05) is 0 Å². The third kappa shape index (κ3) is 1.83. The van der Waals surface area contributed by atoms with Crippen molar-refractivity contribution < 1.29 is 15.1 Å². The molecule has 5 nitrogen and oxygen atoms in total. The first kappa shape index (κ1) is 7.84. The molecule has 1 aliphatic heterocycles. The number of carbonyl (C=O) groups is 1. The Hall–Kier alpha value is -1.26. The van der Waals surface area contributed by atoms with Crippen LogP contribution in [0.1, 0.15) is 12.8 Å². The summed E-state index contributed by atoms with van der Waals surface area (Å²) >= 11 is 0. The fourth-order valence-corrected chi connectivity index (χ4v) is 1.10. The van der Waals surface area contributed by atoms with Crippen molar-refractivity contribution in [2.24, 2.45) is 5.16 Å². The summed E-state index contributed by atoms with van der Waals surface area (Å²) in [7, 11) is 0. The lowest BCUT2D eigenvalue weighted by Crippen LogP contribution is -2.39. The van der Waals surface area contributed by atoms with E-state index >= 15 is 0 Å². The van der Waals surface area contributed by atoms with Crippen LogP contribution in [-0.2, 0) is 0 Å². The van der Waals surface area contributed by atoms with Gasteiger partial charge in [-0.3, -0.25) is 0 Å². The maximum atomic E-state index is 10.4. The number of oxime groups is 1. The molecule has 1 amide bonds. The molecular weight excluding hydrogens is 148 g/mol. The Kier molecular flexibility index (Phi) is 2.30. The summed E-state index contributed by atoms with van der Waals surface area (Å²) in [5.74, 6) is 0. The van der Waals surface area contributed by atoms with Crippen LogP contribution in [-0.4, -0.2) is 40.1 Å². The van der Waals surface area contributed by atoms with Crippen molar-refractivity contribution in [2.45, 2.75) is 12.8 Å². The van der Waals surface area contributed by atoms with E-state index in [4.69, 9.17) is 10.3 Å². The largest absolute Gasteiger partial charge is 0.465 e. The average Bonchev–Trinajstić information content (AvgIpc) is 2.05. The smallest absolute Gasteiger partial charge is 0.407 e. The first-order valence-corrected chi connectivity index (χ1v) is 3.41. The predicted molar refractivity (Wildman–Crippen MR) is 38.1 cm³/mol. The third-order valence-corrected chi connectivity index (χ3v) is 1.68. The van der Waals surface area contributed by atoms with E-state index in [2.05, 4.69) is 5.16 Å². The lowest BCUT2D eigenvalue weighted by Gasteiger charge is -2.23. The summed E-state index contributed by atoms with van der Waals surface area (Å²) < 4.78 is 0. The van der Waals surface area contributed by atoms with Crippen molar-refractivity contribution in [1.29, 1.82) is 0 Å². The standard InChI is InChI=1S/C6H10N2O3/c9-6(10)8-3-1-2-5(4-8)7-11/h11H,1-4H2,(H,9,10). The molecule has 0 aromatic heterocycles. The summed E-state index contributed by atoms with van der Waals surface area (Å²) in [6.07, 6.45) is 0.484. The van der Waals surface area contributed by atoms with E-state index in [0.29, 0.717) is 18.7 Å². The van der Waals surface area contributed by atoms with E-state index in [1.165, 1.54) is 4.90 Å². The zero-order valence-electron chi connectivity index (χ0n) is 6.03. The molecule has 1 fully saturated rings. The lowest BCUT2D eigenvalue weighted by atomic mass is 10.1. The van der Waals surface area contributed by atoms with Gasteiger partial charge in [-0.05, 0) is 12.8 Å². The van der Waals surface area contributed by atoms with E-state index in [1.54, 1.807) is 0 Å². The highest BCUT2D eigenvalue weighted by Crippen LogP contribution is 2.06. The van der Waals surface area contributed by atoms with Crippen molar-refractivity contribution in [3.8, 4) is 0 Å². The molecule has 1 aliphatic rings. The molecular formula is C6H10N2O3. The number of rotatable bonds is 0. The maximum absolute atomic E-state index is 10.4. The van der Waals surface area contributed by atoms with Gasteiger partial charge >= 0.3 is 6.09 Å². The molecule has 1 rings (SSSR count). The average molecular weight is 158 g/mol. The fraction of sp³-hybridized carbons (Fsp3) is 0.667. The molecule has 0 aromatic rings. The van der Waals surface area contributed by atoms with E-state index in [-0.39, 0.29) is 6.54 Å². The van der Waals surface area contributed by atoms with Gasteiger partial charge in [-0.1, -0.05) is 5.16 Å². The summed E-state index contributed by atoms with van der Waals surface area (Å²) in [6.45, 7) is 0.778. The minimum absolute atomic E-state index is 0.242. The van der Waals surface area contributed by atoms with E-state index in [0.717, 1.165) is 6.42 Å². The van der Waals surface area contributed by atoms with E-state index < -0.39 is 6.09 Å². The van der Waals surface area contributed by atoms with Crippen LogP contribution in [0, 0.1) is 0 Å². The molecule has 0 atom stereocenters. The topological polar surface area (TPSA) is 73.1 Å². The van der Waals surface area contributed by atoms with Crippen molar-refractivity contribution in [3.05, 3.63) is 0 Å². The van der Waals surface area contributed by atoms with E-state index in [9.17, 15) is 4.79 Å². The molecule has 2 N–H and O–H groups in total. The zero-order chi connectivity index (χ0) is 8.27. The maximum Gasteiger partial charge on any atom is 0.407 e. The summed E-state index contributed by atoms with van der Waals surface area (Å²) in [4.78, 5) is 11.6. The fourth-order valence-electron chi connectivity index (χ4n) is 1.10. The van der Waals surface area contributed by atoms with Gasteiger partial charge in [-0.25, -0.2) is 4.79 Å². The number of carboxylic acid groups (broad SMARTS) is 1. The number of hydrogen-bond acceptors (Lipinski definition) is 3. The second kappa shape index (κ2) is 3.23. The van der Waals surface area contributed by atoms with Crippen molar-refractivity contribution in [1.82, 2.24) is 4.90 Å². The summed E-state index contributed by atoms with van der Waals surface area (Å²) in [5.41, 5.74) is 0.540. The van der Waals surface area contributed by atoms with Gasteiger partial charge < -0.3 is 15.2 Å². The van der Waals surface area contributed by atoms with Crippen LogP contribution in [0.5, 0.6) is 0 Å². The Labute approximate surface area is 63.9 Å². The Morgan fingerprint density at radius 2 is 2.36 bits per heavy atom. The van der Waals surface area contributed by atoms with Crippen LogP contribution in [0.3, 0.4) is 0 Å². The Bertz CT molecular complexity index is 190. The van der Waals surface area contributed by atoms with Crippen molar-refractivity contribution in [3.63, 3.8) is 0 Å². The highest BCUT2D eigenvalue weighted by atomic mass is 16.4. The molecule has 0 aromatic carbocycles. The molecule has 0 saturated carbocycles. The molecule has 11 heavy (non-hydrogen) atoms. The number of likely N-dealkylation sites (tertiary alicyclic amines) is 1. The van der Waals surface area contributed by atoms with Crippen LogP contribution in [0.4, 0.5) is 4.79 Å². The lowest BCUT2D eigenvalue weighted by molar-refractivity contribution is 0.148. The molecule has 0 unspecified atom stereocenters. The highest BCUT2D eigenvalue weighted by molar-refractivity contribution is 5.89. The molecule has 62 valence electrons. The SMILES string of the molecule is O=C(O)N1CCCC(=NO)C1. The number of piperidine rings is 1. The van der Waals surface area contributed by atoms with Gasteiger partial charge in [0, 0.05) is 6.54 Å². The van der Waals surface area contributed by atoms with Gasteiger partial charge in [-0.15, -0.1) is 0 Å². The first-order chi connectivity index (χ1) is 5.24. The minimum Gasteiger partial charge on any atom is -0.465 e. The number of amides is 1. The second-order valence-corrected chi connectivity index (χ2v) is 2.47. The van der Waals surface area contributed by atoms with Crippen LogP contribution in [0.25, 0.3) is 0 Å². The summed E-state index contributed by atoms with van der Waals surface area (Å²) in [6, 6.07) is 0. The molecule has 1 heterocycles. The molecule has 0 spiro atoms. The van der Waals surface area contributed by atoms with Gasteiger partial charge in [0.15, 0.2) is 0 Å². The van der Waals surface area contributed by atoms with Crippen LogP contribution < -0.4 is 0 Å². The third-order valence-electron chi connectivity index (χ3n) is 1.68. The number of nitrogens with zero attached hydrogens (tertiary/aromatic N) is 2. The molecule has 1 saturated heterocycles. The highest BCUT2D eigenvalue weighted by Gasteiger charge is 2.19. The molecule has 0 aliphatic carbocycles. The summed E-state index contributed by atoms with van der Waals surface area (Å²) in [5, 5.41) is 19.9. The van der Waals surface area contributed by atoms with Gasteiger partial charge in [0.05, 0.1) is 12.3 Å². The number of hydrogen-bond donors (Lipinski definition) is 2. The van der Waals surface area contributed by atoms with Gasteiger partial charge in [-0.2, -0.15) is 0 Å². The molecule has 5 heteroatoms.